The Bertz CT molecular complexity index is 1380. The van der Waals surface area contributed by atoms with Gasteiger partial charge in [-0.15, -0.1) is 0 Å². The van der Waals surface area contributed by atoms with Crippen LogP contribution in [0, 0.1) is 6.92 Å². The number of aliphatic imine (C=N–C) groups is 1. The fraction of sp³-hybridized carbons (Fsp3) is 0.400. The standard InChI is InChI=1S/C30H38N8O5/c1-22-24(34-30(40)36(11-15-41-2)12-16-42-3)5-4-6-26(22)38-20-25(28-31-9-10-37(28)21-38)33-27-8-7-23(19-32-27)29(39)35-13-17-43-18-14-35/h4-10,19-20H,11-18,21H2,1-3H3,(H,32,33)(H,34,40)/p+1. The van der Waals surface area contributed by atoms with Gasteiger partial charge in [-0.1, -0.05) is 6.07 Å². The molecule has 0 aliphatic carbocycles. The molecule has 13 nitrogen and oxygen atoms in total. The van der Waals surface area contributed by atoms with Crippen LogP contribution in [0.1, 0.15) is 15.9 Å². The first-order valence-corrected chi connectivity index (χ1v) is 14.3. The molecule has 228 valence electrons. The molecule has 4 heterocycles. The zero-order chi connectivity index (χ0) is 30.2. The summed E-state index contributed by atoms with van der Waals surface area (Å²) in [6, 6.07) is 9.22. The molecule has 0 spiro atoms. The quantitative estimate of drug-likeness (QED) is 0.359. The summed E-state index contributed by atoms with van der Waals surface area (Å²) in [5.74, 6) is 1.40. The van der Waals surface area contributed by atoms with Crippen molar-refractivity contribution in [2.24, 2.45) is 4.99 Å². The molecule has 1 aromatic carbocycles. The normalized spacial score (nSPS) is 17.7. The molecule has 5 rings (SSSR count). The Kier molecular flexibility index (Phi) is 10.00. The highest BCUT2D eigenvalue weighted by molar-refractivity contribution is 5.98. The van der Waals surface area contributed by atoms with Crippen LogP contribution in [0.15, 0.2) is 65.8 Å². The summed E-state index contributed by atoms with van der Waals surface area (Å²) in [5, 5.41) is 6.45. The molecule has 1 unspecified atom stereocenters. The van der Waals surface area contributed by atoms with Crippen molar-refractivity contribution in [1.29, 1.82) is 0 Å². The molecule has 1 atom stereocenters. The van der Waals surface area contributed by atoms with Crippen LogP contribution in [0.2, 0.25) is 0 Å². The number of nitrogens with one attached hydrogen (secondary N) is 3. The Balaban J connectivity index is 1.33. The van der Waals surface area contributed by atoms with Gasteiger partial charge in [-0.2, -0.15) is 4.99 Å². The van der Waals surface area contributed by atoms with Crippen molar-refractivity contribution >= 4 is 35.0 Å². The van der Waals surface area contributed by atoms with Gasteiger partial charge in [0.05, 0.1) is 43.9 Å². The van der Waals surface area contributed by atoms with Crippen LogP contribution in [0.3, 0.4) is 0 Å². The Morgan fingerprint density at radius 2 is 1.86 bits per heavy atom. The summed E-state index contributed by atoms with van der Waals surface area (Å²) in [7, 11) is 3.23. The SMILES string of the molecule is COCCN(CCOC)C(=O)Nc1cccc(N2C=C(Nc3ccc(C(=O)N4CCOCC4)cn3)C3=NC=C[NH+]3C2)c1C. The van der Waals surface area contributed by atoms with Crippen LogP contribution in [0.25, 0.3) is 0 Å². The maximum Gasteiger partial charge on any atom is 0.322 e. The fourth-order valence-corrected chi connectivity index (χ4v) is 5.09. The highest BCUT2D eigenvalue weighted by atomic mass is 16.5. The molecule has 1 aromatic heterocycles. The third kappa shape index (κ3) is 7.20. The Morgan fingerprint density at radius 3 is 2.56 bits per heavy atom. The highest BCUT2D eigenvalue weighted by Crippen LogP contribution is 2.28. The molecule has 3 N–H and O–H groups in total. The number of ether oxygens (including phenoxy) is 3. The number of morpholine rings is 1. The lowest BCUT2D eigenvalue weighted by atomic mass is 10.1. The smallest absolute Gasteiger partial charge is 0.322 e. The van der Waals surface area contributed by atoms with Gasteiger partial charge in [-0.05, 0) is 36.8 Å². The predicted octanol–water partition coefficient (Wildman–Crippen LogP) is 1.49. The molecule has 3 amide bonds. The minimum absolute atomic E-state index is 0.0478. The van der Waals surface area contributed by atoms with E-state index in [-0.39, 0.29) is 11.9 Å². The van der Waals surface area contributed by atoms with Gasteiger partial charge in [0.2, 0.25) is 0 Å². The first-order chi connectivity index (χ1) is 21.0. The van der Waals surface area contributed by atoms with Crippen molar-refractivity contribution in [3.8, 4) is 0 Å². The van der Waals surface area contributed by atoms with E-state index in [1.807, 2.05) is 37.5 Å². The summed E-state index contributed by atoms with van der Waals surface area (Å²) in [4.78, 5) is 41.7. The summed E-state index contributed by atoms with van der Waals surface area (Å²) < 4.78 is 15.7. The zero-order valence-corrected chi connectivity index (χ0v) is 24.8. The van der Waals surface area contributed by atoms with Crippen LogP contribution in [0.4, 0.5) is 22.0 Å². The van der Waals surface area contributed by atoms with Crippen LogP contribution in [-0.4, -0.2) is 106 Å². The van der Waals surface area contributed by atoms with E-state index >= 15 is 0 Å². The Labute approximate surface area is 251 Å². The van der Waals surface area contributed by atoms with E-state index in [2.05, 4.69) is 25.5 Å². The third-order valence-corrected chi connectivity index (χ3v) is 7.51. The van der Waals surface area contributed by atoms with Crippen molar-refractivity contribution in [2.75, 3.05) is 89.0 Å². The molecule has 13 heteroatoms. The topological polar surface area (TPSA) is 125 Å². The van der Waals surface area contributed by atoms with Crippen molar-refractivity contribution in [3.05, 3.63) is 72.0 Å². The largest absolute Gasteiger partial charge is 0.383 e. The zero-order valence-electron chi connectivity index (χ0n) is 24.8. The first-order valence-electron chi connectivity index (χ1n) is 14.3. The van der Waals surface area contributed by atoms with Gasteiger partial charge < -0.3 is 34.6 Å². The van der Waals surface area contributed by atoms with E-state index in [0.717, 1.165) is 33.4 Å². The second-order valence-corrected chi connectivity index (χ2v) is 10.3. The van der Waals surface area contributed by atoms with Gasteiger partial charge in [0.15, 0.2) is 6.67 Å². The number of hydrogen-bond acceptors (Lipinski definition) is 9. The van der Waals surface area contributed by atoms with Crippen molar-refractivity contribution in [1.82, 2.24) is 14.8 Å². The van der Waals surface area contributed by atoms with Gasteiger partial charge in [0.25, 0.3) is 11.7 Å². The van der Waals surface area contributed by atoms with Gasteiger partial charge in [-0.3, -0.25) is 9.69 Å². The van der Waals surface area contributed by atoms with Crippen LogP contribution in [0.5, 0.6) is 0 Å². The molecular formula is C30H39N8O5+. The van der Waals surface area contributed by atoms with Gasteiger partial charge in [0.1, 0.15) is 17.7 Å². The minimum Gasteiger partial charge on any atom is -0.383 e. The van der Waals surface area contributed by atoms with E-state index in [1.165, 1.54) is 0 Å². The Hall–Kier alpha value is -4.30. The number of benzene rings is 1. The number of carbonyl (C=O) groups excluding carboxylic acids is 2. The lowest BCUT2D eigenvalue weighted by Gasteiger charge is -2.31. The van der Waals surface area contributed by atoms with Crippen LogP contribution < -0.4 is 20.4 Å². The molecule has 1 saturated heterocycles. The molecule has 0 radical (unpaired) electrons. The molecule has 1 fully saturated rings. The van der Waals surface area contributed by atoms with Crippen molar-refractivity contribution in [3.63, 3.8) is 0 Å². The first kappa shape index (κ1) is 30.2. The van der Waals surface area contributed by atoms with E-state index in [4.69, 9.17) is 14.2 Å². The fourth-order valence-electron chi connectivity index (χ4n) is 5.09. The van der Waals surface area contributed by atoms with Gasteiger partial charge in [0, 0.05) is 58.5 Å². The number of amidine groups is 1. The number of fused-ring (bicyclic) bond motifs is 1. The van der Waals surface area contributed by atoms with Crippen molar-refractivity contribution < 1.29 is 28.7 Å². The number of methoxy groups -OCH3 is 2. The predicted molar refractivity (Wildman–Crippen MR) is 163 cm³/mol. The summed E-state index contributed by atoms with van der Waals surface area (Å²) >= 11 is 0. The molecule has 0 bridgehead atoms. The average molecular weight is 592 g/mol. The lowest BCUT2D eigenvalue weighted by molar-refractivity contribution is -0.743. The maximum absolute atomic E-state index is 13.1. The summed E-state index contributed by atoms with van der Waals surface area (Å²) in [5.41, 5.74) is 3.92. The summed E-state index contributed by atoms with van der Waals surface area (Å²) in [6.07, 6.45) is 7.39. The number of anilines is 3. The van der Waals surface area contributed by atoms with E-state index < -0.39 is 0 Å². The third-order valence-electron chi connectivity index (χ3n) is 7.51. The van der Waals surface area contributed by atoms with E-state index in [0.29, 0.717) is 70.7 Å². The number of hydrogen-bond donors (Lipinski definition) is 3. The van der Waals surface area contributed by atoms with Gasteiger partial charge in [-0.25, -0.2) is 14.7 Å². The monoisotopic (exact) mass is 591 g/mol. The number of quaternary nitrogens is 1. The van der Waals surface area contributed by atoms with Gasteiger partial charge >= 0.3 is 6.03 Å². The number of carbonyl (C=O) groups is 2. The molecule has 3 aliphatic rings. The van der Waals surface area contributed by atoms with E-state index in [1.54, 1.807) is 48.5 Å². The lowest BCUT2D eigenvalue weighted by Crippen LogP contribution is -3.12. The van der Waals surface area contributed by atoms with Crippen LogP contribution in [-0.2, 0) is 14.2 Å². The average Bonchev–Trinajstić information content (AvgIpc) is 3.52. The maximum atomic E-state index is 13.1. The Morgan fingerprint density at radius 1 is 1.09 bits per heavy atom. The molecule has 0 saturated carbocycles. The number of urea groups is 1. The number of aromatic nitrogens is 1. The summed E-state index contributed by atoms with van der Waals surface area (Å²) in [6.45, 7) is 6.65. The number of rotatable bonds is 11. The second kappa shape index (κ2) is 14.2. The number of pyridine rings is 1. The molecule has 43 heavy (non-hydrogen) atoms. The highest BCUT2D eigenvalue weighted by Gasteiger charge is 2.32. The van der Waals surface area contributed by atoms with E-state index in [9.17, 15) is 9.59 Å². The number of nitrogens with zero attached hydrogens (tertiary/aromatic N) is 5. The van der Waals surface area contributed by atoms with Crippen molar-refractivity contribution in [2.45, 2.75) is 6.92 Å². The molecule has 2 aromatic rings. The molecule has 3 aliphatic heterocycles. The minimum atomic E-state index is -0.213. The number of amides is 3. The molecular weight excluding hydrogens is 552 g/mol. The van der Waals surface area contributed by atoms with Crippen LogP contribution >= 0.6 is 0 Å². The second-order valence-electron chi connectivity index (χ2n) is 10.3.